The number of carbonyl (C=O) groups excluding carboxylic acids is 1. The van der Waals surface area contributed by atoms with Crippen LogP contribution in [0.2, 0.25) is 0 Å². The number of hydrogen-bond donors (Lipinski definition) is 0. The second-order valence-corrected chi connectivity index (χ2v) is 9.75. The zero-order valence-electron chi connectivity index (χ0n) is 15.0. The molecule has 0 saturated carbocycles. The maximum absolute atomic E-state index is 12.8. The Kier molecular flexibility index (Phi) is 8.50. The molecule has 1 heterocycles. The maximum atomic E-state index is 12.8. The maximum Gasteiger partial charge on any atom is 0.357 e. The summed E-state index contributed by atoms with van der Waals surface area (Å²) in [5.74, 6) is -0.451. The SMILES string of the molecule is CC(C)OP(=O)(CO[C@H]1COC[C@@H]1OC(=O)c1ccccc1)OC(C)I. The van der Waals surface area contributed by atoms with Crippen molar-refractivity contribution in [3.63, 3.8) is 0 Å². The molecular formula is C17H24IO7P. The Morgan fingerprint density at radius 2 is 1.85 bits per heavy atom. The lowest BCUT2D eigenvalue weighted by molar-refractivity contribution is -0.0228. The minimum Gasteiger partial charge on any atom is -0.453 e. The Balaban J connectivity index is 1.94. The van der Waals surface area contributed by atoms with Crippen LogP contribution in [0.5, 0.6) is 0 Å². The highest BCUT2D eigenvalue weighted by Crippen LogP contribution is 2.51. The monoisotopic (exact) mass is 498 g/mol. The largest absolute Gasteiger partial charge is 0.453 e. The standard InChI is InChI=1S/C17H24IO7P/c1-12(2)24-26(20,25-13(3)18)11-22-15-9-21-10-16(15)23-17(19)14-7-5-4-6-8-14/h4-8,12-13,15-16H,9-11H2,1-3H3/t13?,15-,16-,26?/m0/s1. The van der Waals surface area contributed by atoms with E-state index in [0.717, 1.165) is 0 Å². The number of ether oxygens (including phenoxy) is 3. The Hall–Kier alpha value is -0.510. The van der Waals surface area contributed by atoms with Crippen LogP contribution in [0.3, 0.4) is 0 Å². The molecule has 2 rings (SSSR count). The summed E-state index contributed by atoms with van der Waals surface area (Å²) < 4.78 is 39.9. The Morgan fingerprint density at radius 3 is 2.46 bits per heavy atom. The van der Waals surface area contributed by atoms with Gasteiger partial charge in [0.25, 0.3) is 0 Å². The van der Waals surface area contributed by atoms with E-state index in [1.165, 1.54) is 0 Å². The van der Waals surface area contributed by atoms with Crippen LogP contribution in [0.15, 0.2) is 30.3 Å². The van der Waals surface area contributed by atoms with Crippen molar-refractivity contribution in [2.24, 2.45) is 0 Å². The summed E-state index contributed by atoms with van der Waals surface area (Å²) in [6, 6.07) is 8.69. The van der Waals surface area contributed by atoms with Crippen molar-refractivity contribution >= 4 is 36.2 Å². The van der Waals surface area contributed by atoms with Crippen molar-refractivity contribution in [3.8, 4) is 0 Å². The number of carbonyl (C=O) groups is 1. The van der Waals surface area contributed by atoms with Crippen LogP contribution in [0.1, 0.15) is 31.1 Å². The summed E-state index contributed by atoms with van der Waals surface area (Å²) in [5, 5.41) is 0. The van der Waals surface area contributed by atoms with Gasteiger partial charge in [-0.2, -0.15) is 0 Å². The number of halogens is 1. The molecular weight excluding hydrogens is 474 g/mol. The van der Waals surface area contributed by atoms with E-state index in [2.05, 4.69) is 0 Å². The summed E-state index contributed by atoms with van der Waals surface area (Å²) in [6.45, 7) is 5.78. The van der Waals surface area contributed by atoms with Crippen LogP contribution in [0.4, 0.5) is 0 Å². The molecule has 146 valence electrons. The molecule has 4 atom stereocenters. The van der Waals surface area contributed by atoms with Crippen LogP contribution in [-0.2, 0) is 27.8 Å². The second-order valence-electron chi connectivity index (χ2n) is 6.09. The summed E-state index contributed by atoms with van der Waals surface area (Å²) in [6.07, 6.45) is -1.61. The fourth-order valence-electron chi connectivity index (χ4n) is 2.38. The van der Waals surface area contributed by atoms with Gasteiger partial charge in [-0.15, -0.1) is 0 Å². The average molecular weight is 498 g/mol. The Labute approximate surface area is 167 Å². The Morgan fingerprint density at radius 1 is 1.19 bits per heavy atom. The first-order valence-corrected chi connectivity index (χ1v) is 11.3. The van der Waals surface area contributed by atoms with Gasteiger partial charge in [0.1, 0.15) is 16.6 Å². The number of benzene rings is 1. The molecule has 0 N–H and O–H groups in total. The Bertz CT molecular complexity index is 609. The van der Waals surface area contributed by atoms with E-state index in [9.17, 15) is 9.36 Å². The highest BCUT2D eigenvalue weighted by Gasteiger charge is 2.36. The third-order valence-corrected chi connectivity index (χ3v) is 5.87. The first-order chi connectivity index (χ1) is 12.3. The van der Waals surface area contributed by atoms with E-state index in [1.807, 2.05) is 28.7 Å². The average Bonchev–Trinajstić information content (AvgIpc) is 2.99. The van der Waals surface area contributed by atoms with Crippen LogP contribution in [-0.4, -0.2) is 48.0 Å². The van der Waals surface area contributed by atoms with E-state index in [-0.39, 0.29) is 29.8 Å². The molecule has 0 aliphatic carbocycles. The quantitative estimate of drug-likeness (QED) is 0.221. The van der Waals surface area contributed by atoms with Gasteiger partial charge >= 0.3 is 13.6 Å². The molecule has 0 aromatic heterocycles. The van der Waals surface area contributed by atoms with E-state index in [0.29, 0.717) is 5.56 Å². The fourth-order valence-corrected chi connectivity index (χ4v) is 5.05. The molecule has 1 aliphatic heterocycles. The fraction of sp³-hybridized carbons (Fsp3) is 0.588. The van der Waals surface area contributed by atoms with Crippen LogP contribution >= 0.6 is 30.2 Å². The van der Waals surface area contributed by atoms with Gasteiger partial charge in [0, 0.05) is 0 Å². The van der Waals surface area contributed by atoms with Crippen molar-refractivity contribution in [1.82, 2.24) is 0 Å². The topological polar surface area (TPSA) is 80.3 Å². The van der Waals surface area contributed by atoms with E-state index < -0.39 is 25.8 Å². The van der Waals surface area contributed by atoms with Crippen LogP contribution in [0.25, 0.3) is 0 Å². The number of esters is 1. The van der Waals surface area contributed by atoms with Gasteiger partial charge in [-0.1, -0.05) is 40.8 Å². The predicted molar refractivity (Wildman–Crippen MR) is 105 cm³/mol. The highest BCUT2D eigenvalue weighted by atomic mass is 127. The van der Waals surface area contributed by atoms with Gasteiger partial charge in [0.15, 0.2) is 6.10 Å². The lowest BCUT2D eigenvalue weighted by Crippen LogP contribution is -2.32. The third kappa shape index (κ3) is 6.90. The molecule has 1 aromatic rings. The molecule has 0 bridgehead atoms. The van der Waals surface area contributed by atoms with Gasteiger partial charge in [-0.05, 0) is 32.9 Å². The van der Waals surface area contributed by atoms with Gasteiger partial charge in [0.2, 0.25) is 0 Å². The molecule has 0 amide bonds. The number of rotatable bonds is 9. The predicted octanol–water partition coefficient (Wildman–Crippen LogP) is 4.00. The minimum atomic E-state index is -3.43. The normalized spacial score (nSPS) is 23.6. The first-order valence-electron chi connectivity index (χ1n) is 8.34. The summed E-state index contributed by atoms with van der Waals surface area (Å²) in [7, 11) is -3.43. The molecule has 0 radical (unpaired) electrons. The van der Waals surface area contributed by atoms with E-state index >= 15 is 0 Å². The van der Waals surface area contributed by atoms with E-state index in [1.54, 1.807) is 45.0 Å². The van der Waals surface area contributed by atoms with Crippen LogP contribution < -0.4 is 0 Å². The smallest absolute Gasteiger partial charge is 0.357 e. The van der Waals surface area contributed by atoms with Crippen LogP contribution in [0, 0.1) is 0 Å². The molecule has 1 aromatic carbocycles. The summed E-state index contributed by atoms with van der Waals surface area (Å²) in [5.41, 5.74) is 0.453. The molecule has 1 fully saturated rings. The van der Waals surface area contributed by atoms with Gasteiger partial charge in [-0.25, -0.2) is 4.79 Å². The van der Waals surface area contributed by atoms with Gasteiger partial charge < -0.3 is 18.7 Å². The van der Waals surface area contributed by atoms with Crippen molar-refractivity contribution in [2.45, 2.75) is 43.2 Å². The molecule has 1 saturated heterocycles. The molecule has 7 nitrogen and oxygen atoms in total. The molecule has 0 spiro atoms. The summed E-state index contributed by atoms with van der Waals surface area (Å²) in [4.78, 5) is 12.2. The second kappa shape index (κ2) is 10.1. The minimum absolute atomic E-state index is 0.224. The van der Waals surface area contributed by atoms with Crippen molar-refractivity contribution in [2.75, 3.05) is 19.6 Å². The molecule has 1 aliphatic rings. The molecule has 26 heavy (non-hydrogen) atoms. The first kappa shape index (κ1) is 21.8. The zero-order chi connectivity index (χ0) is 19.2. The van der Waals surface area contributed by atoms with Crippen molar-refractivity contribution in [1.29, 1.82) is 0 Å². The highest BCUT2D eigenvalue weighted by molar-refractivity contribution is 14.1. The lowest BCUT2D eigenvalue weighted by Gasteiger charge is -2.25. The van der Waals surface area contributed by atoms with E-state index in [4.69, 9.17) is 23.3 Å². The number of alkyl halides is 1. The van der Waals surface area contributed by atoms with Gasteiger partial charge in [-0.3, -0.25) is 9.09 Å². The number of hydrogen-bond acceptors (Lipinski definition) is 7. The van der Waals surface area contributed by atoms with Crippen molar-refractivity contribution in [3.05, 3.63) is 35.9 Å². The van der Waals surface area contributed by atoms with Crippen molar-refractivity contribution < 1.29 is 32.6 Å². The molecule has 9 heteroatoms. The molecule has 2 unspecified atom stereocenters. The summed E-state index contributed by atoms with van der Waals surface area (Å²) >= 11 is 2.00. The lowest BCUT2D eigenvalue weighted by atomic mass is 10.2. The van der Waals surface area contributed by atoms with Gasteiger partial charge in [0.05, 0.1) is 24.9 Å². The third-order valence-electron chi connectivity index (χ3n) is 3.37. The zero-order valence-corrected chi connectivity index (χ0v) is 18.1.